The molecule has 7 aromatic rings. The van der Waals surface area contributed by atoms with Crippen molar-refractivity contribution in [3.8, 4) is 22.9 Å². The van der Waals surface area contributed by atoms with Gasteiger partial charge in [0.25, 0.3) is 0 Å². The molecule has 0 saturated heterocycles. The number of fused-ring (bicyclic) bond motifs is 6. The summed E-state index contributed by atoms with van der Waals surface area (Å²) >= 11 is 0. The van der Waals surface area contributed by atoms with E-state index in [9.17, 15) is 5.26 Å². The zero-order valence-electron chi connectivity index (χ0n) is 18.2. The minimum absolute atomic E-state index is 0.622. The maximum atomic E-state index is 10.2. The summed E-state index contributed by atoms with van der Waals surface area (Å²) in [6.07, 6.45) is 0. The normalized spacial score (nSPS) is 11.5. The third kappa shape index (κ3) is 2.51. The van der Waals surface area contributed by atoms with Crippen molar-refractivity contribution in [2.24, 2.45) is 0 Å². The molecule has 3 heteroatoms. The first kappa shape index (κ1) is 18.7. The molecule has 0 saturated carbocycles. The van der Waals surface area contributed by atoms with Crippen LogP contribution in [0.15, 0.2) is 114 Å². The van der Waals surface area contributed by atoms with Crippen molar-refractivity contribution in [3.05, 3.63) is 115 Å². The number of hydrogen-bond acceptors (Lipinski definition) is 2. The van der Waals surface area contributed by atoms with Gasteiger partial charge in [-0.2, -0.15) is 5.26 Å². The molecule has 2 aromatic heterocycles. The molecular formula is C31H18N2O. The van der Waals surface area contributed by atoms with Crippen molar-refractivity contribution in [1.82, 2.24) is 4.57 Å². The fourth-order valence-corrected chi connectivity index (χ4v) is 5.21. The van der Waals surface area contributed by atoms with Crippen LogP contribution in [0.25, 0.3) is 60.6 Å². The Labute approximate surface area is 195 Å². The topological polar surface area (TPSA) is 41.9 Å². The minimum atomic E-state index is 0.622. The van der Waals surface area contributed by atoms with E-state index in [4.69, 9.17) is 4.42 Å². The van der Waals surface area contributed by atoms with Crippen LogP contribution in [0.5, 0.6) is 0 Å². The number of nitriles is 1. The quantitative estimate of drug-likeness (QED) is 0.275. The molecule has 0 amide bonds. The fraction of sp³-hybridized carbons (Fsp3) is 0. The van der Waals surface area contributed by atoms with Crippen molar-refractivity contribution in [2.75, 3.05) is 0 Å². The molecule has 0 aliphatic carbocycles. The van der Waals surface area contributed by atoms with E-state index >= 15 is 0 Å². The molecule has 0 unspecified atom stereocenters. The Morgan fingerprint density at radius 3 is 1.88 bits per heavy atom. The molecule has 5 aromatic carbocycles. The lowest BCUT2D eigenvalue weighted by Gasteiger charge is -2.16. The second kappa shape index (κ2) is 7.10. The SMILES string of the molecule is N#Cc1cccc(-c2cccc3c2oc2ccccc23)c1-n1c2ccccc2c2ccccc21. The summed E-state index contributed by atoms with van der Waals surface area (Å²) in [5.74, 6) is 0. The smallest absolute Gasteiger partial charge is 0.143 e. The molecule has 158 valence electrons. The molecule has 0 bridgehead atoms. The lowest BCUT2D eigenvalue weighted by atomic mass is 9.98. The van der Waals surface area contributed by atoms with E-state index < -0.39 is 0 Å². The number of hydrogen-bond donors (Lipinski definition) is 0. The second-order valence-corrected chi connectivity index (χ2v) is 8.46. The van der Waals surface area contributed by atoms with Crippen LogP contribution in [0.1, 0.15) is 5.56 Å². The van der Waals surface area contributed by atoms with Crippen molar-refractivity contribution in [1.29, 1.82) is 5.26 Å². The average molecular weight is 434 g/mol. The summed E-state index contributed by atoms with van der Waals surface area (Å²) in [5, 5.41) is 14.7. The molecule has 0 spiro atoms. The lowest BCUT2D eigenvalue weighted by molar-refractivity contribution is 0.670. The molecular weight excluding hydrogens is 416 g/mol. The number of nitrogens with zero attached hydrogens (tertiary/aromatic N) is 2. The van der Waals surface area contributed by atoms with Crippen molar-refractivity contribution < 1.29 is 4.42 Å². The number of furan rings is 1. The van der Waals surface area contributed by atoms with Gasteiger partial charge in [0.05, 0.1) is 22.3 Å². The van der Waals surface area contributed by atoms with E-state index in [0.717, 1.165) is 49.8 Å². The zero-order valence-corrected chi connectivity index (χ0v) is 18.2. The zero-order chi connectivity index (χ0) is 22.6. The van der Waals surface area contributed by atoms with Crippen molar-refractivity contribution >= 4 is 43.7 Å². The van der Waals surface area contributed by atoms with Crippen LogP contribution >= 0.6 is 0 Å². The Morgan fingerprint density at radius 2 is 1.15 bits per heavy atom. The Kier molecular flexibility index (Phi) is 3.91. The minimum Gasteiger partial charge on any atom is -0.455 e. The van der Waals surface area contributed by atoms with Gasteiger partial charge < -0.3 is 8.98 Å². The van der Waals surface area contributed by atoms with Crippen molar-refractivity contribution in [2.45, 2.75) is 0 Å². The van der Waals surface area contributed by atoms with Gasteiger partial charge >= 0.3 is 0 Å². The van der Waals surface area contributed by atoms with Crippen molar-refractivity contribution in [3.63, 3.8) is 0 Å². The van der Waals surface area contributed by atoms with Crippen LogP contribution in [-0.4, -0.2) is 4.57 Å². The highest BCUT2D eigenvalue weighted by molar-refractivity contribution is 6.12. The second-order valence-electron chi connectivity index (χ2n) is 8.46. The number of para-hydroxylation sites is 5. The van der Waals surface area contributed by atoms with Crippen LogP contribution in [0, 0.1) is 11.3 Å². The summed E-state index contributed by atoms with van der Waals surface area (Å²) in [6.45, 7) is 0. The molecule has 2 heterocycles. The van der Waals surface area contributed by atoms with Gasteiger partial charge in [0.15, 0.2) is 0 Å². The van der Waals surface area contributed by atoms with Gasteiger partial charge in [-0.3, -0.25) is 0 Å². The van der Waals surface area contributed by atoms with Gasteiger partial charge in [0.2, 0.25) is 0 Å². The van der Waals surface area contributed by atoms with Crippen LogP contribution < -0.4 is 0 Å². The van der Waals surface area contributed by atoms with Gasteiger partial charge in [-0.25, -0.2) is 0 Å². The summed E-state index contributed by atoms with van der Waals surface area (Å²) in [4.78, 5) is 0. The van der Waals surface area contributed by atoms with Crippen LogP contribution in [0.2, 0.25) is 0 Å². The highest BCUT2D eigenvalue weighted by Crippen LogP contribution is 2.41. The first-order valence-corrected chi connectivity index (χ1v) is 11.3. The van der Waals surface area contributed by atoms with Gasteiger partial charge in [-0.05, 0) is 24.3 Å². The van der Waals surface area contributed by atoms with E-state index in [1.165, 1.54) is 10.8 Å². The third-order valence-electron chi connectivity index (χ3n) is 6.65. The molecule has 7 rings (SSSR count). The Morgan fingerprint density at radius 1 is 0.559 bits per heavy atom. The van der Waals surface area contributed by atoms with Crippen LogP contribution in [0.4, 0.5) is 0 Å². The number of aromatic nitrogens is 1. The first-order valence-electron chi connectivity index (χ1n) is 11.3. The Bertz CT molecular complexity index is 1880. The molecule has 0 fully saturated rings. The summed E-state index contributed by atoms with van der Waals surface area (Å²) in [7, 11) is 0. The predicted molar refractivity (Wildman–Crippen MR) is 138 cm³/mol. The third-order valence-corrected chi connectivity index (χ3v) is 6.65. The maximum absolute atomic E-state index is 10.2. The average Bonchev–Trinajstić information content (AvgIpc) is 3.44. The van der Waals surface area contributed by atoms with Gasteiger partial charge in [-0.1, -0.05) is 84.9 Å². The van der Waals surface area contributed by atoms with E-state index in [0.29, 0.717) is 5.56 Å². The van der Waals surface area contributed by atoms with E-state index in [2.05, 4.69) is 77.4 Å². The molecule has 3 nitrogen and oxygen atoms in total. The highest BCUT2D eigenvalue weighted by Gasteiger charge is 2.21. The molecule has 0 aliphatic heterocycles. The van der Waals surface area contributed by atoms with E-state index in [1.807, 2.05) is 42.5 Å². The molecule has 0 N–H and O–H groups in total. The molecule has 0 aliphatic rings. The lowest BCUT2D eigenvalue weighted by Crippen LogP contribution is -2.00. The monoisotopic (exact) mass is 434 g/mol. The summed E-state index contributed by atoms with van der Waals surface area (Å²) in [6, 6.07) is 39.5. The highest BCUT2D eigenvalue weighted by atomic mass is 16.3. The maximum Gasteiger partial charge on any atom is 0.143 e. The fourth-order valence-electron chi connectivity index (χ4n) is 5.21. The largest absolute Gasteiger partial charge is 0.455 e. The number of benzene rings is 5. The van der Waals surface area contributed by atoms with Crippen LogP contribution in [-0.2, 0) is 0 Å². The van der Waals surface area contributed by atoms with E-state index in [-0.39, 0.29) is 0 Å². The van der Waals surface area contributed by atoms with Gasteiger partial charge in [0, 0.05) is 32.7 Å². The molecule has 0 atom stereocenters. The molecule has 34 heavy (non-hydrogen) atoms. The van der Waals surface area contributed by atoms with E-state index in [1.54, 1.807) is 0 Å². The standard InChI is InChI=1S/C31H18N2O/c32-19-20-9-7-13-24(26-15-8-14-25-23-12-3-6-18-29(23)34-31(25)26)30(20)33-27-16-4-1-10-21(27)22-11-2-5-17-28(22)33/h1-18H. The van der Waals surface area contributed by atoms with Gasteiger partial charge in [-0.15, -0.1) is 0 Å². The Hall–Kier alpha value is -4.81. The predicted octanol–water partition coefficient (Wildman–Crippen LogP) is 8.22. The Balaban J connectivity index is 1.65. The summed E-state index contributed by atoms with van der Waals surface area (Å²) in [5.41, 5.74) is 7.28. The number of rotatable bonds is 2. The van der Waals surface area contributed by atoms with Crippen LogP contribution in [0.3, 0.4) is 0 Å². The summed E-state index contributed by atoms with van der Waals surface area (Å²) < 4.78 is 8.59. The first-order chi connectivity index (χ1) is 16.8. The molecule has 0 radical (unpaired) electrons. The van der Waals surface area contributed by atoms with Gasteiger partial charge in [0.1, 0.15) is 17.2 Å².